The van der Waals surface area contributed by atoms with Gasteiger partial charge in [0.15, 0.2) is 0 Å². The molecule has 0 radical (unpaired) electrons. The van der Waals surface area contributed by atoms with Gasteiger partial charge in [-0.15, -0.1) is 24.0 Å². The molecule has 22 heavy (non-hydrogen) atoms. The molecule has 126 valence electrons. The van der Waals surface area contributed by atoms with E-state index in [1.807, 2.05) is 0 Å². The Morgan fingerprint density at radius 3 is 2.50 bits per heavy atom. The Bertz CT molecular complexity index is 442. The fourth-order valence-electron chi connectivity index (χ4n) is 5.88. The molecule has 1 heterocycles. The molecule has 5 rings (SSSR count). The minimum Gasteiger partial charge on any atom is -0.461 e. The number of carbonyl (C=O) groups is 1. The number of carbonyl (C=O) groups excluding carboxylic acids is 1. The third-order valence-corrected chi connectivity index (χ3v) is 6.72. The highest BCUT2D eigenvalue weighted by Gasteiger charge is 2.61. The highest BCUT2D eigenvalue weighted by molar-refractivity contribution is 6.24. The summed E-state index contributed by atoms with van der Waals surface area (Å²) in [7, 11) is 2.11. The zero-order valence-corrected chi connectivity index (χ0v) is 14.9. The summed E-state index contributed by atoms with van der Waals surface area (Å²) in [6, 6.07) is 0. The van der Waals surface area contributed by atoms with E-state index in [0.29, 0.717) is 11.8 Å². The molecule has 4 aliphatic carbocycles. The Balaban J connectivity index is 0.00000144. The highest BCUT2D eigenvalue weighted by Crippen LogP contribution is 2.64. The van der Waals surface area contributed by atoms with E-state index in [9.17, 15) is 4.79 Å². The van der Waals surface area contributed by atoms with E-state index < -0.39 is 0 Å². The van der Waals surface area contributed by atoms with Crippen LogP contribution in [0.1, 0.15) is 51.4 Å². The maximum Gasteiger partial charge on any atom is 0.312 e. The molecule has 1 aliphatic heterocycles. The second-order valence-corrected chi connectivity index (χ2v) is 9.13. The van der Waals surface area contributed by atoms with E-state index >= 15 is 0 Å². The first-order valence-corrected chi connectivity index (χ1v) is 8.93. The number of ether oxygens (including phenoxy) is 1. The van der Waals surface area contributed by atoms with Crippen LogP contribution < -0.4 is 0 Å². The van der Waals surface area contributed by atoms with Gasteiger partial charge in [0.1, 0.15) is 6.10 Å². The van der Waals surface area contributed by atoms with Gasteiger partial charge >= 0.3 is 5.97 Å². The van der Waals surface area contributed by atoms with Crippen LogP contribution in [-0.2, 0) is 9.53 Å². The average Bonchev–Trinajstić information content (AvgIpc) is 2.35. The first kappa shape index (κ1) is 16.9. The van der Waals surface area contributed by atoms with E-state index in [4.69, 9.17) is 16.3 Å². The lowest BCUT2D eigenvalue weighted by Gasteiger charge is -2.58. The Kier molecular flexibility index (Phi) is 4.46. The molecule has 5 aliphatic rings. The molecule has 0 N–H and O–H groups in total. The Hall–Kier alpha value is 0.01000. The lowest BCUT2D eigenvalue weighted by atomic mass is 9.49. The number of halogens is 2. The predicted molar refractivity (Wildman–Crippen MR) is 89.6 cm³/mol. The van der Waals surface area contributed by atoms with Crippen molar-refractivity contribution < 1.29 is 9.53 Å². The van der Waals surface area contributed by atoms with Crippen molar-refractivity contribution in [3.05, 3.63) is 0 Å². The van der Waals surface area contributed by atoms with Crippen LogP contribution in [0.25, 0.3) is 0 Å². The number of piperidine rings is 1. The maximum absolute atomic E-state index is 12.9. The van der Waals surface area contributed by atoms with Crippen molar-refractivity contribution in [2.24, 2.45) is 17.3 Å². The maximum atomic E-state index is 12.9. The molecule has 4 bridgehead atoms. The first-order chi connectivity index (χ1) is 9.96. The summed E-state index contributed by atoms with van der Waals surface area (Å²) in [5.41, 5.74) is -0.248. The lowest BCUT2D eigenvalue weighted by Crippen LogP contribution is -2.57. The van der Waals surface area contributed by atoms with Gasteiger partial charge in [0.2, 0.25) is 0 Å². The van der Waals surface area contributed by atoms with E-state index in [2.05, 4.69) is 11.9 Å². The van der Waals surface area contributed by atoms with Gasteiger partial charge in [-0.3, -0.25) is 4.79 Å². The van der Waals surface area contributed by atoms with Crippen LogP contribution in [0.15, 0.2) is 0 Å². The molecular weight excluding hydrogens is 321 g/mol. The summed E-state index contributed by atoms with van der Waals surface area (Å²) in [5, 5.41) is 0. The number of hydrogen-bond donors (Lipinski definition) is 0. The number of esters is 1. The minimum atomic E-state index is -0.248. The summed E-state index contributed by atoms with van der Waals surface area (Å²) in [5.74, 6) is 1.39. The van der Waals surface area contributed by atoms with E-state index in [1.54, 1.807) is 0 Å². The second kappa shape index (κ2) is 5.82. The number of nitrogens with zero attached hydrogens (tertiary/aromatic N) is 1. The second-order valence-electron chi connectivity index (χ2n) is 8.32. The average molecular weight is 348 g/mol. The topological polar surface area (TPSA) is 29.5 Å². The van der Waals surface area contributed by atoms with Crippen LogP contribution in [0, 0.1) is 17.3 Å². The molecule has 3 atom stereocenters. The fraction of sp³-hybridized carbons (Fsp3) is 0.941. The molecule has 5 fully saturated rings. The quantitative estimate of drug-likeness (QED) is 0.564. The van der Waals surface area contributed by atoms with Crippen molar-refractivity contribution in [2.45, 2.75) is 62.3 Å². The Morgan fingerprint density at radius 1 is 1.23 bits per heavy atom. The number of rotatable bonds is 2. The molecular formula is C17H27Cl2NO2. The molecule has 3 unspecified atom stereocenters. The van der Waals surface area contributed by atoms with Gasteiger partial charge in [0.25, 0.3) is 0 Å². The van der Waals surface area contributed by atoms with Crippen LogP contribution in [0.3, 0.4) is 0 Å². The molecule has 0 aromatic heterocycles. The third kappa shape index (κ3) is 2.89. The molecule has 3 nitrogen and oxygen atoms in total. The lowest BCUT2D eigenvalue weighted by molar-refractivity contribution is -0.177. The van der Waals surface area contributed by atoms with E-state index in [0.717, 1.165) is 58.0 Å². The van der Waals surface area contributed by atoms with Crippen molar-refractivity contribution in [2.75, 3.05) is 20.1 Å². The van der Waals surface area contributed by atoms with E-state index in [1.165, 1.54) is 6.42 Å². The fourth-order valence-corrected chi connectivity index (χ4v) is 6.57. The van der Waals surface area contributed by atoms with Crippen LogP contribution in [-0.4, -0.2) is 42.0 Å². The zero-order valence-electron chi connectivity index (χ0n) is 13.4. The molecule has 0 aromatic rings. The van der Waals surface area contributed by atoms with Crippen LogP contribution >= 0.6 is 24.0 Å². The Morgan fingerprint density at radius 2 is 1.91 bits per heavy atom. The summed E-state index contributed by atoms with van der Waals surface area (Å²) in [4.78, 5) is 15.1. The van der Waals surface area contributed by atoms with Crippen LogP contribution in [0.2, 0.25) is 0 Å². The van der Waals surface area contributed by atoms with Gasteiger partial charge in [0.05, 0.1) is 5.41 Å². The van der Waals surface area contributed by atoms with E-state index in [-0.39, 0.29) is 34.8 Å². The predicted octanol–water partition coefficient (Wildman–Crippen LogP) is 3.62. The zero-order chi connectivity index (χ0) is 14.7. The van der Waals surface area contributed by atoms with Crippen molar-refractivity contribution in [1.29, 1.82) is 0 Å². The van der Waals surface area contributed by atoms with Crippen molar-refractivity contribution >= 4 is 30.0 Å². The SMILES string of the molecule is CN1CCCC(OC(=O)C23CC4CC(CC(Cl)(C4)C2)C3)C1.Cl. The normalized spacial score (nSPS) is 47.1. The monoisotopic (exact) mass is 347 g/mol. The van der Waals surface area contributed by atoms with Crippen molar-refractivity contribution in [1.82, 2.24) is 4.90 Å². The van der Waals surface area contributed by atoms with Crippen molar-refractivity contribution in [3.8, 4) is 0 Å². The largest absolute Gasteiger partial charge is 0.461 e. The molecule has 4 saturated carbocycles. The van der Waals surface area contributed by atoms with Gasteiger partial charge in [-0.1, -0.05) is 0 Å². The number of likely N-dealkylation sites (tertiary alicyclic amines) is 1. The summed E-state index contributed by atoms with van der Waals surface area (Å²) < 4.78 is 5.95. The molecule has 5 heteroatoms. The highest BCUT2D eigenvalue weighted by atomic mass is 35.5. The standard InChI is InChI=1S/C17H26ClNO2.ClH/c1-19-4-2-3-14(10-19)21-15(20)16-6-12-5-13(7-16)9-17(18,8-12)11-16;/h12-14H,2-11H2,1H3;1H. The van der Waals surface area contributed by atoms with Gasteiger partial charge in [-0.2, -0.15) is 0 Å². The Labute approximate surface area is 144 Å². The summed E-state index contributed by atoms with van der Waals surface area (Å²) in [6.07, 6.45) is 8.68. The molecule has 0 amide bonds. The van der Waals surface area contributed by atoms with Gasteiger partial charge in [-0.05, 0) is 76.8 Å². The minimum absolute atomic E-state index is 0. The van der Waals surface area contributed by atoms with Crippen LogP contribution in [0.4, 0.5) is 0 Å². The summed E-state index contributed by atoms with van der Waals surface area (Å²) in [6.45, 7) is 2.01. The number of likely N-dealkylation sites (N-methyl/N-ethyl adjacent to an activating group) is 1. The smallest absolute Gasteiger partial charge is 0.312 e. The van der Waals surface area contributed by atoms with Crippen LogP contribution in [0.5, 0.6) is 0 Å². The van der Waals surface area contributed by atoms with Gasteiger partial charge in [-0.25, -0.2) is 0 Å². The summed E-state index contributed by atoms with van der Waals surface area (Å²) >= 11 is 6.81. The number of hydrogen-bond acceptors (Lipinski definition) is 3. The molecule has 1 saturated heterocycles. The molecule has 0 aromatic carbocycles. The van der Waals surface area contributed by atoms with Crippen molar-refractivity contribution in [3.63, 3.8) is 0 Å². The third-order valence-electron chi connectivity index (χ3n) is 6.28. The molecule has 0 spiro atoms. The number of alkyl halides is 1. The van der Waals surface area contributed by atoms with Gasteiger partial charge < -0.3 is 9.64 Å². The van der Waals surface area contributed by atoms with Gasteiger partial charge in [0, 0.05) is 11.4 Å². The first-order valence-electron chi connectivity index (χ1n) is 8.55.